The predicted octanol–water partition coefficient (Wildman–Crippen LogP) is 3.14. The second kappa shape index (κ2) is 7.97. The lowest BCUT2D eigenvalue weighted by Gasteiger charge is -2.11. The number of amides is 1. The van der Waals surface area contributed by atoms with Crippen molar-refractivity contribution in [3.8, 4) is 5.75 Å². The minimum Gasteiger partial charge on any atom is -0.488 e. The van der Waals surface area contributed by atoms with Gasteiger partial charge in [0.05, 0.1) is 0 Å². The Morgan fingerprint density at radius 3 is 2.58 bits per heavy atom. The zero-order chi connectivity index (χ0) is 17.5. The van der Waals surface area contributed by atoms with Gasteiger partial charge in [-0.05, 0) is 24.6 Å². The third-order valence-electron chi connectivity index (χ3n) is 3.24. The molecule has 2 rings (SSSR count). The van der Waals surface area contributed by atoms with Crippen molar-refractivity contribution in [3.05, 3.63) is 70.9 Å². The van der Waals surface area contributed by atoms with Crippen LogP contribution in [0.15, 0.2) is 54.2 Å². The maximum atomic E-state index is 11.2. The van der Waals surface area contributed by atoms with Crippen LogP contribution in [0.3, 0.4) is 0 Å². The lowest BCUT2D eigenvalue weighted by Crippen LogP contribution is -2.24. The molecule has 0 aliphatic heterocycles. The summed E-state index contributed by atoms with van der Waals surface area (Å²) in [7, 11) is 0. The number of para-hydroxylation sites is 1. The molecule has 0 radical (unpaired) electrons. The monoisotopic (exact) mass is 325 g/mol. The summed E-state index contributed by atoms with van der Waals surface area (Å²) in [4.78, 5) is 22.4. The van der Waals surface area contributed by atoms with Crippen molar-refractivity contribution in [2.45, 2.75) is 20.5 Å². The van der Waals surface area contributed by atoms with Crippen LogP contribution >= 0.6 is 0 Å². The molecule has 0 aliphatic rings. The standard InChI is InChI=1S/C19H19NO4/c1-13-6-5-7-15(10-13)12-24-18-9-4-3-8-16(18)11-17(19(22)23)20-14(2)21/h3-11H,12H2,1-2H3,(H,20,21)(H,22,23). The number of ether oxygens (including phenoxy) is 1. The summed E-state index contributed by atoms with van der Waals surface area (Å²) in [5.74, 6) is -1.11. The molecular formula is C19H19NO4. The highest BCUT2D eigenvalue weighted by Crippen LogP contribution is 2.22. The van der Waals surface area contributed by atoms with Crippen molar-refractivity contribution in [1.29, 1.82) is 0 Å². The number of carbonyl (C=O) groups is 2. The molecule has 0 heterocycles. The van der Waals surface area contributed by atoms with E-state index < -0.39 is 11.9 Å². The zero-order valence-corrected chi connectivity index (χ0v) is 13.6. The van der Waals surface area contributed by atoms with Crippen LogP contribution in [0, 0.1) is 6.92 Å². The minimum atomic E-state index is -1.21. The average Bonchev–Trinajstić information content (AvgIpc) is 2.53. The van der Waals surface area contributed by atoms with Gasteiger partial charge in [-0.25, -0.2) is 4.79 Å². The molecule has 0 aliphatic carbocycles. The zero-order valence-electron chi connectivity index (χ0n) is 13.6. The van der Waals surface area contributed by atoms with Crippen LogP contribution in [0.5, 0.6) is 5.75 Å². The molecule has 24 heavy (non-hydrogen) atoms. The first kappa shape index (κ1) is 17.3. The maximum absolute atomic E-state index is 11.2. The first-order chi connectivity index (χ1) is 11.5. The van der Waals surface area contributed by atoms with E-state index >= 15 is 0 Å². The number of aryl methyl sites for hydroxylation is 1. The molecule has 124 valence electrons. The van der Waals surface area contributed by atoms with E-state index in [2.05, 4.69) is 5.32 Å². The molecule has 0 atom stereocenters. The Hall–Kier alpha value is -3.08. The fraction of sp³-hybridized carbons (Fsp3) is 0.158. The molecule has 0 aromatic heterocycles. The summed E-state index contributed by atoms with van der Waals surface area (Å²) in [5.41, 5.74) is 2.54. The molecule has 0 spiro atoms. The summed E-state index contributed by atoms with van der Waals surface area (Å²) in [6.45, 7) is 3.64. The normalized spacial score (nSPS) is 11.0. The molecule has 0 fully saturated rings. The van der Waals surface area contributed by atoms with Crippen LogP contribution in [-0.4, -0.2) is 17.0 Å². The van der Waals surface area contributed by atoms with Crippen molar-refractivity contribution in [1.82, 2.24) is 5.32 Å². The van der Waals surface area contributed by atoms with Gasteiger partial charge in [-0.2, -0.15) is 0 Å². The van der Waals surface area contributed by atoms with Crippen molar-refractivity contribution < 1.29 is 19.4 Å². The number of hydrogen-bond donors (Lipinski definition) is 2. The van der Waals surface area contributed by atoms with Crippen molar-refractivity contribution >= 4 is 18.0 Å². The number of benzene rings is 2. The molecule has 2 aromatic rings. The van der Waals surface area contributed by atoms with E-state index in [-0.39, 0.29) is 5.70 Å². The molecule has 0 unspecified atom stereocenters. The Bertz CT molecular complexity index is 780. The second-order valence-electron chi connectivity index (χ2n) is 5.36. The first-order valence-corrected chi connectivity index (χ1v) is 7.45. The summed E-state index contributed by atoms with van der Waals surface area (Å²) >= 11 is 0. The largest absolute Gasteiger partial charge is 0.488 e. The van der Waals surface area contributed by atoms with Crippen LogP contribution in [0.2, 0.25) is 0 Å². The van der Waals surface area contributed by atoms with Crippen LogP contribution in [0.4, 0.5) is 0 Å². The molecule has 5 nitrogen and oxygen atoms in total. The summed E-state index contributed by atoms with van der Waals surface area (Å²) < 4.78 is 5.81. The highest BCUT2D eigenvalue weighted by molar-refractivity contribution is 5.96. The molecule has 0 bridgehead atoms. The average molecular weight is 325 g/mol. The van der Waals surface area contributed by atoms with Crippen molar-refractivity contribution in [2.75, 3.05) is 0 Å². The van der Waals surface area contributed by atoms with Gasteiger partial charge in [0.1, 0.15) is 18.1 Å². The topological polar surface area (TPSA) is 75.6 Å². The molecule has 0 saturated heterocycles. The third kappa shape index (κ3) is 4.98. The van der Waals surface area contributed by atoms with E-state index in [0.717, 1.165) is 11.1 Å². The molecule has 5 heteroatoms. The Morgan fingerprint density at radius 2 is 1.92 bits per heavy atom. The SMILES string of the molecule is CC(=O)NC(=Cc1ccccc1OCc1cccc(C)c1)C(=O)O. The number of rotatable bonds is 6. The fourth-order valence-corrected chi connectivity index (χ4v) is 2.19. The van der Waals surface area contributed by atoms with E-state index in [4.69, 9.17) is 4.74 Å². The number of aliphatic carboxylic acids is 1. The number of carboxylic acids is 1. The highest BCUT2D eigenvalue weighted by Gasteiger charge is 2.11. The van der Waals surface area contributed by atoms with Gasteiger partial charge in [-0.3, -0.25) is 4.79 Å². The van der Waals surface area contributed by atoms with Gasteiger partial charge in [0, 0.05) is 12.5 Å². The van der Waals surface area contributed by atoms with Crippen LogP contribution in [0.25, 0.3) is 6.08 Å². The van der Waals surface area contributed by atoms with Crippen LogP contribution in [-0.2, 0) is 16.2 Å². The first-order valence-electron chi connectivity index (χ1n) is 7.45. The molecule has 2 N–H and O–H groups in total. The van der Waals surface area contributed by atoms with E-state index in [1.165, 1.54) is 13.0 Å². The molecule has 0 saturated carbocycles. The second-order valence-corrected chi connectivity index (χ2v) is 5.36. The number of carbonyl (C=O) groups excluding carboxylic acids is 1. The molecule has 1 amide bonds. The van der Waals surface area contributed by atoms with E-state index in [0.29, 0.717) is 17.9 Å². The minimum absolute atomic E-state index is 0.200. The van der Waals surface area contributed by atoms with Crippen molar-refractivity contribution in [2.24, 2.45) is 0 Å². The highest BCUT2D eigenvalue weighted by atomic mass is 16.5. The number of carboxylic acid groups (broad SMARTS) is 1. The fourth-order valence-electron chi connectivity index (χ4n) is 2.19. The lowest BCUT2D eigenvalue weighted by molar-refractivity contribution is -0.134. The number of hydrogen-bond acceptors (Lipinski definition) is 3. The lowest BCUT2D eigenvalue weighted by atomic mass is 10.1. The van der Waals surface area contributed by atoms with E-state index in [1.807, 2.05) is 37.3 Å². The summed E-state index contributed by atoms with van der Waals surface area (Å²) in [6, 6.07) is 15.0. The third-order valence-corrected chi connectivity index (χ3v) is 3.24. The quantitative estimate of drug-likeness (QED) is 0.800. The summed E-state index contributed by atoms with van der Waals surface area (Å²) in [6.07, 6.45) is 1.38. The smallest absolute Gasteiger partial charge is 0.352 e. The van der Waals surface area contributed by atoms with Crippen molar-refractivity contribution in [3.63, 3.8) is 0 Å². The Labute approximate surface area is 140 Å². The Morgan fingerprint density at radius 1 is 1.17 bits per heavy atom. The molecule has 2 aromatic carbocycles. The van der Waals surface area contributed by atoms with Gasteiger partial charge in [0.15, 0.2) is 0 Å². The van der Waals surface area contributed by atoms with Gasteiger partial charge >= 0.3 is 5.97 Å². The maximum Gasteiger partial charge on any atom is 0.352 e. The van der Waals surface area contributed by atoms with E-state index in [1.54, 1.807) is 18.2 Å². The number of nitrogens with one attached hydrogen (secondary N) is 1. The molecular weight excluding hydrogens is 306 g/mol. The van der Waals surface area contributed by atoms with Gasteiger partial charge in [0.2, 0.25) is 5.91 Å². The van der Waals surface area contributed by atoms with Crippen LogP contribution < -0.4 is 10.1 Å². The van der Waals surface area contributed by atoms with Gasteiger partial charge in [-0.1, -0.05) is 48.0 Å². The predicted molar refractivity (Wildman–Crippen MR) is 91.4 cm³/mol. The summed E-state index contributed by atoms with van der Waals surface area (Å²) in [5, 5.41) is 11.5. The van der Waals surface area contributed by atoms with Gasteiger partial charge in [-0.15, -0.1) is 0 Å². The van der Waals surface area contributed by atoms with Crippen LogP contribution in [0.1, 0.15) is 23.6 Å². The van der Waals surface area contributed by atoms with Gasteiger partial charge < -0.3 is 15.2 Å². The van der Waals surface area contributed by atoms with Gasteiger partial charge in [0.25, 0.3) is 0 Å². The Balaban J connectivity index is 2.23. The Kier molecular flexibility index (Phi) is 5.73. The van der Waals surface area contributed by atoms with E-state index in [9.17, 15) is 14.7 Å².